The van der Waals surface area contributed by atoms with Crippen LogP contribution in [0, 0.1) is 0 Å². The largest absolute Gasteiger partial charge is 0.444 e. The molecule has 1 heterocycles. The molecule has 28 heavy (non-hydrogen) atoms. The molecule has 1 aliphatic rings. The van der Waals surface area contributed by atoms with Crippen molar-refractivity contribution in [2.75, 3.05) is 12.8 Å². The van der Waals surface area contributed by atoms with Crippen LogP contribution in [0.4, 0.5) is 4.79 Å². The van der Waals surface area contributed by atoms with Gasteiger partial charge in [0.1, 0.15) is 21.6 Å². The van der Waals surface area contributed by atoms with Crippen molar-refractivity contribution in [3.05, 3.63) is 42.1 Å². The van der Waals surface area contributed by atoms with E-state index in [0.717, 1.165) is 5.56 Å². The second kappa shape index (κ2) is 8.55. The molecule has 9 heteroatoms. The van der Waals surface area contributed by atoms with Gasteiger partial charge in [-0.2, -0.15) is 0 Å². The smallest absolute Gasteiger partial charge is 0.408 e. The van der Waals surface area contributed by atoms with Crippen LogP contribution in [0.2, 0.25) is 0 Å². The first kappa shape index (κ1) is 21.6. The molecule has 0 aromatic heterocycles. The van der Waals surface area contributed by atoms with Crippen LogP contribution in [0.5, 0.6) is 0 Å². The standard InChI is InChI=1S/C19H26N4O4S/c1-19(2,3)27-18(25)21-15-11-12-28(26,22-17(15)24)23(5)16(13-20-4)14-9-7-6-8-10-14/h6-10,13,15H,4,11-12H2,1-3,5H3,(H,21,25)/b16-13-/t15-,28?/m0/s1. The average Bonchev–Trinajstić information content (AvgIpc) is 2.61. The zero-order valence-corrected chi connectivity index (χ0v) is 17.4. The highest BCUT2D eigenvalue weighted by Gasteiger charge is 2.33. The highest BCUT2D eigenvalue weighted by molar-refractivity contribution is 7.92. The zero-order chi connectivity index (χ0) is 20.9. The maximum atomic E-state index is 13.4. The lowest BCUT2D eigenvalue weighted by atomic mass is 10.2. The zero-order valence-electron chi connectivity index (χ0n) is 16.5. The minimum Gasteiger partial charge on any atom is -0.444 e. The summed E-state index contributed by atoms with van der Waals surface area (Å²) in [7, 11) is -1.43. The van der Waals surface area contributed by atoms with Gasteiger partial charge in [-0.3, -0.25) is 14.1 Å². The van der Waals surface area contributed by atoms with Crippen molar-refractivity contribution in [2.45, 2.75) is 38.8 Å². The molecular weight excluding hydrogens is 380 g/mol. The van der Waals surface area contributed by atoms with Crippen molar-refractivity contribution in [3.8, 4) is 0 Å². The number of carbonyl (C=O) groups is 2. The van der Waals surface area contributed by atoms with Crippen molar-refractivity contribution in [1.29, 1.82) is 0 Å². The van der Waals surface area contributed by atoms with Crippen LogP contribution in [0.3, 0.4) is 0 Å². The van der Waals surface area contributed by atoms with E-state index in [1.165, 1.54) is 10.5 Å². The fourth-order valence-corrected chi connectivity index (χ4v) is 4.51. The van der Waals surface area contributed by atoms with Crippen LogP contribution >= 0.6 is 0 Å². The molecule has 0 saturated carbocycles. The Morgan fingerprint density at radius 2 is 2.04 bits per heavy atom. The van der Waals surface area contributed by atoms with Crippen molar-refractivity contribution >= 4 is 34.3 Å². The van der Waals surface area contributed by atoms with Gasteiger partial charge in [-0.05, 0) is 33.9 Å². The molecule has 0 saturated heterocycles. The Labute approximate surface area is 166 Å². The topological polar surface area (TPSA) is 100 Å². The normalized spacial score (nSPS) is 22.8. The van der Waals surface area contributed by atoms with Gasteiger partial charge in [0.25, 0.3) is 5.91 Å². The number of rotatable bonds is 5. The van der Waals surface area contributed by atoms with E-state index in [1.54, 1.807) is 27.8 Å². The van der Waals surface area contributed by atoms with Crippen molar-refractivity contribution in [2.24, 2.45) is 9.36 Å². The lowest BCUT2D eigenvalue weighted by Gasteiger charge is -2.30. The number of alkyl carbamates (subject to hydrolysis) is 1. The summed E-state index contributed by atoms with van der Waals surface area (Å²) in [5, 5.41) is 2.50. The third-order valence-electron chi connectivity index (χ3n) is 3.94. The van der Waals surface area contributed by atoms with E-state index in [-0.39, 0.29) is 12.2 Å². The van der Waals surface area contributed by atoms with Gasteiger partial charge in [-0.1, -0.05) is 30.3 Å². The summed E-state index contributed by atoms with van der Waals surface area (Å²) >= 11 is 0. The molecule has 1 unspecified atom stereocenters. The minimum absolute atomic E-state index is 0.108. The Morgan fingerprint density at radius 1 is 1.39 bits per heavy atom. The number of nitrogens with zero attached hydrogens (tertiary/aromatic N) is 3. The number of hydrogen-bond donors (Lipinski definition) is 1. The third kappa shape index (κ3) is 5.41. The molecule has 8 nitrogen and oxygen atoms in total. The van der Waals surface area contributed by atoms with E-state index in [1.807, 2.05) is 30.3 Å². The highest BCUT2D eigenvalue weighted by atomic mass is 32.2. The first-order valence-corrected chi connectivity index (χ1v) is 10.4. The first-order valence-electron chi connectivity index (χ1n) is 8.79. The van der Waals surface area contributed by atoms with Crippen LogP contribution in [0.25, 0.3) is 5.70 Å². The predicted octanol–water partition coefficient (Wildman–Crippen LogP) is 2.82. The number of nitrogens with one attached hydrogen (secondary N) is 1. The monoisotopic (exact) mass is 406 g/mol. The van der Waals surface area contributed by atoms with Crippen LogP contribution < -0.4 is 5.32 Å². The van der Waals surface area contributed by atoms with Gasteiger partial charge < -0.3 is 10.1 Å². The third-order valence-corrected chi connectivity index (χ3v) is 6.23. The number of amides is 2. The van der Waals surface area contributed by atoms with E-state index in [4.69, 9.17) is 4.74 Å². The molecular formula is C19H26N4O4S. The van der Waals surface area contributed by atoms with Crippen LogP contribution in [0.1, 0.15) is 32.8 Å². The van der Waals surface area contributed by atoms with E-state index < -0.39 is 33.6 Å². The van der Waals surface area contributed by atoms with Gasteiger partial charge in [0.2, 0.25) is 0 Å². The molecule has 1 aromatic rings. The van der Waals surface area contributed by atoms with Gasteiger partial charge in [-0.15, -0.1) is 4.36 Å². The fraction of sp³-hybridized carbons (Fsp3) is 0.421. The van der Waals surface area contributed by atoms with Crippen LogP contribution in [0.15, 0.2) is 45.9 Å². The molecule has 0 fully saturated rings. The molecule has 1 aromatic carbocycles. The second-order valence-electron chi connectivity index (χ2n) is 7.29. The minimum atomic E-state index is -3.03. The molecule has 0 bridgehead atoms. The maximum Gasteiger partial charge on any atom is 0.408 e. The first-order chi connectivity index (χ1) is 13.1. The number of benzene rings is 1. The summed E-state index contributed by atoms with van der Waals surface area (Å²) in [5.74, 6) is -0.537. The molecule has 152 valence electrons. The SMILES string of the molecule is C=N/C=C(/c1ccccc1)N(C)S1(=O)=NC(=O)[C@@H](NC(=O)OC(C)(C)C)CC1. The molecule has 2 amide bonds. The molecule has 1 N–H and O–H groups in total. The average molecular weight is 407 g/mol. The predicted molar refractivity (Wildman–Crippen MR) is 110 cm³/mol. The number of hydrogen-bond acceptors (Lipinski definition) is 5. The van der Waals surface area contributed by atoms with E-state index in [2.05, 4.69) is 21.4 Å². The van der Waals surface area contributed by atoms with E-state index in [0.29, 0.717) is 5.70 Å². The van der Waals surface area contributed by atoms with Crippen molar-refractivity contribution in [1.82, 2.24) is 9.62 Å². The second-order valence-corrected chi connectivity index (χ2v) is 9.64. The molecule has 0 aliphatic carbocycles. The molecule has 0 radical (unpaired) electrons. The Kier molecular flexibility index (Phi) is 6.60. The molecule has 1 aliphatic heterocycles. The van der Waals surface area contributed by atoms with Crippen molar-refractivity contribution in [3.63, 3.8) is 0 Å². The summed E-state index contributed by atoms with van der Waals surface area (Å²) in [4.78, 5) is 28.1. The lowest BCUT2D eigenvalue weighted by Crippen LogP contribution is -2.47. The Morgan fingerprint density at radius 3 is 2.57 bits per heavy atom. The Hall–Kier alpha value is -2.68. The summed E-state index contributed by atoms with van der Waals surface area (Å²) in [6, 6.07) is 8.37. The molecule has 0 spiro atoms. The molecule has 2 atom stereocenters. The number of carbonyl (C=O) groups excluding carboxylic acids is 2. The summed E-state index contributed by atoms with van der Waals surface area (Å²) in [6.45, 7) is 8.65. The molecule has 2 rings (SSSR count). The van der Waals surface area contributed by atoms with Gasteiger partial charge in [-0.25, -0.2) is 9.00 Å². The van der Waals surface area contributed by atoms with Gasteiger partial charge in [0.15, 0.2) is 0 Å². The van der Waals surface area contributed by atoms with Crippen LogP contribution in [-0.4, -0.2) is 51.7 Å². The summed E-state index contributed by atoms with van der Waals surface area (Å²) < 4.78 is 23.9. The van der Waals surface area contributed by atoms with E-state index in [9.17, 15) is 13.8 Å². The quantitative estimate of drug-likeness (QED) is 0.760. The van der Waals surface area contributed by atoms with Crippen molar-refractivity contribution < 1.29 is 18.5 Å². The number of aliphatic imine (C=N–C) groups is 1. The maximum absolute atomic E-state index is 13.4. The van der Waals surface area contributed by atoms with Gasteiger partial charge in [0, 0.05) is 12.6 Å². The lowest BCUT2D eigenvalue weighted by molar-refractivity contribution is -0.119. The Bertz CT molecular complexity index is 896. The summed E-state index contributed by atoms with van der Waals surface area (Å²) in [6.07, 6.45) is 0.963. The number of ether oxygens (including phenoxy) is 1. The van der Waals surface area contributed by atoms with Gasteiger partial charge in [0.05, 0.1) is 17.6 Å². The highest BCUT2D eigenvalue weighted by Crippen LogP contribution is 2.25. The fourth-order valence-electron chi connectivity index (χ4n) is 2.61. The van der Waals surface area contributed by atoms with E-state index >= 15 is 0 Å². The summed E-state index contributed by atoms with van der Waals surface area (Å²) in [5.41, 5.74) is 0.632. The Balaban J connectivity index is 2.23. The van der Waals surface area contributed by atoms with Crippen LogP contribution in [-0.2, 0) is 19.4 Å². The van der Waals surface area contributed by atoms with Gasteiger partial charge >= 0.3 is 6.09 Å².